The summed E-state index contributed by atoms with van der Waals surface area (Å²) < 4.78 is 4.65. The second kappa shape index (κ2) is 6.52. The lowest BCUT2D eigenvalue weighted by molar-refractivity contribution is -0.148. The molecule has 0 fully saturated rings. The van der Waals surface area contributed by atoms with Crippen molar-refractivity contribution in [2.75, 3.05) is 7.11 Å². The molecule has 0 unspecified atom stereocenters. The molecule has 0 aliphatic heterocycles. The van der Waals surface area contributed by atoms with Gasteiger partial charge in [-0.15, -0.1) is 0 Å². The molecule has 1 rings (SSSR count). The van der Waals surface area contributed by atoms with Gasteiger partial charge in [0.05, 0.1) is 13.2 Å². The van der Waals surface area contributed by atoms with E-state index < -0.39 is 29.4 Å². The Kier molecular flexibility index (Phi) is 5.27. The normalized spacial score (nSPS) is 14.2. The molecule has 5 heteroatoms. The minimum atomic E-state index is -1.10. The van der Waals surface area contributed by atoms with E-state index in [9.17, 15) is 14.7 Å². The quantitative estimate of drug-likeness (QED) is 0.816. The van der Waals surface area contributed by atoms with Gasteiger partial charge in [-0.1, -0.05) is 39.0 Å². The van der Waals surface area contributed by atoms with Crippen LogP contribution in [0, 0.1) is 5.41 Å². The van der Waals surface area contributed by atoms with Crippen LogP contribution in [0.25, 0.3) is 0 Å². The summed E-state index contributed by atoms with van der Waals surface area (Å²) in [4.78, 5) is 23.8. The Morgan fingerprint density at radius 3 is 2.20 bits per heavy atom. The maximum absolute atomic E-state index is 12.1. The summed E-state index contributed by atoms with van der Waals surface area (Å²) in [5.41, 5.74) is -0.148. The molecule has 0 bridgehead atoms. The van der Waals surface area contributed by atoms with E-state index in [0.29, 0.717) is 5.56 Å². The molecule has 0 radical (unpaired) electrons. The second-order valence-electron chi connectivity index (χ2n) is 5.65. The van der Waals surface area contributed by atoms with Crippen LogP contribution in [-0.2, 0) is 9.53 Å². The molecule has 0 saturated heterocycles. The van der Waals surface area contributed by atoms with E-state index in [1.807, 2.05) is 0 Å². The number of esters is 1. The third-order valence-corrected chi connectivity index (χ3v) is 2.98. The Bertz CT molecular complexity index is 465. The van der Waals surface area contributed by atoms with Gasteiger partial charge in [-0.25, -0.2) is 4.79 Å². The minimum Gasteiger partial charge on any atom is -0.467 e. The van der Waals surface area contributed by atoms with Crippen LogP contribution in [0.1, 0.15) is 31.1 Å². The molecule has 0 spiro atoms. The summed E-state index contributed by atoms with van der Waals surface area (Å²) in [6, 6.07) is 7.40. The molecule has 0 heterocycles. The Hall–Kier alpha value is -1.88. The van der Waals surface area contributed by atoms with Gasteiger partial charge in [-0.2, -0.15) is 0 Å². The zero-order valence-electron chi connectivity index (χ0n) is 12.2. The SMILES string of the molecule is COC(=O)[C@@H](NC(=O)c1ccccc1)[C@@H](O)C(C)(C)C. The number of ether oxygens (including phenoxy) is 1. The first-order valence-electron chi connectivity index (χ1n) is 6.39. The Balaban J connectivity index is 2.91. The molecule has 0 saturated carbocycles. The van der Waals surface area contributed by atoms with Crippen LogP contribution in [-0.4, -0.2) is 36.2 Å². The molecule has 1 aromatic rings. The van der Waals surface area contributed by atoms with E-state index >= 15 is 0 Å². The standard InChI is InChI=1S/C15H21NO4/c1-15(2,3)12(17)11(14(19)20-4)16-13(18)10-8-6-5-7-9-10/h5-9,11-12,17H,1-4H3,(H,16,18)/t11-,12+/m0/s1. The van der Waals surface area contributed by atoms with E-state index in [-0.39, 0.29) is 0 Å². The van der Waals surface area contributed by atoms with Crippen LogP contribution in [0.3, 0.4) is 0 Å². The first kappa shape index (κ1) is 16.2. The van der Waals surface area contributed by atoms with Crippen molar-refractivity contribution in [1.29, 1.82) is 0 Å². The van der Waals surface area contributed by atoms with E-state index in [1.165, 1.54) is 7.11 Å². The van der Waals surface area contributed by atoms with Crippen molar-refractivity contribution >= 4 is 11.9 Å². The predicted octanol–water partition coefficient (Wildman–Crippen LogP) is 1.36. The van der Waals surface area contributed by atoms with Crippen molar-refractivity contribution in [3.63, 3.8) is 0 Å². The van der Waals surface area contributed by atoms with Crippen LogP contribution in [0.5, 0.6) is 0 Å². The molecule has 0 aliphatic carbocycles. The highest BCUT2D eigenvalue weighted by atomic mass is 16.5. The van der Waals surface area contributed by atoms with Crippen molar-refractivity contribution in [3.8, 4) is 0 Å². The number of nitrogens with one attached hydrogen (secondary N) is 1. The van der Waals surface area contributed by atoms with Crippen LogP contribution in [0.15, 0.2) is 30.3 Å². The number of hydrogen-bond acceptors (Lipinski definition) is 4. The molecule has 2 N–H and O–H groups in total. The summed E-state index contributed by atoms with van der Waals surface area (Å²) in [6.07, 6.45) is -1.05. The molecular weight excluding hydrogens is 258 g/mol. The summed E-state index contributed by atoms with van der Waals surface area (Å²) in [5.74, 6) is -1.10. The highest BCUT2D eigenvalue weighted by Gasteiger charge is 2.37. The number of carbonyl (C=O) groups is 2. The highest BCUT2D eigenvalue weighted by Crippen LogP contribution is 2.22. The van der Waals surface area contributed by atoms with E-state index in [2.05, 4.69) is 10.1 Å². The number of carbonyl (C=O) groups excluding carboxylic acids is 2. The zero-order chi connectivity index (χ0) is 15.3. The summed E-state index contributed by atoms with van der Waals surface area (Å²) in [5, 5.41) is 12.8. The van der Waals surface area contributed by atoms with Gasteiger partial charge in [0.2, 0.25) is 0 Å². The van der Waals surface area contributed by atoms with Gasteiger partial charge in [0.15, 0.2) is 6.04 Å². The predicted molar refractivity (Wildman–Crippen MR) is 75.2 cm³/mol. The molecule has 0 aromatic heterocycles. The molecule has 1 aromatic carbocycles. The van der Waals surface area contributed by atoms with Crippen LogP contribution in [0.2, 0.25) is 0 Å². The average molecular weight is 279 g/mol. The fourth-order valence-electron chi connectivity index (χ4n) is 1.71. The third kappa shape index (κ3) is 4.06. The fourth-order valence-corrected chi connectivity index (χ4v) is 1.71. The van der Waals surface area contributed by atoms with Crippen LogP contribution in [0.4, 0.5) is 0 Å². The first-order valence-corrected chi connectivity index (χ1v) is 6.39. The van der Waals surface area contributed by atoms with Gasteiger partial charge < -0.3 is 15.2 Å². The fraction of sp³-hybridized carbons (Fsp3) is 0.467. The van der Waals surface area contributed by atoms with Crippen molar-refractivity contribution in [1.82, 2.24) is 5.32 Å². The lowest BCUT2D eigenvalue weighted by atomic mass is 9.84. The number of rotatable bonds is 4. The van der Waals surface area contributed by atoms with Crippen molar-refractivity contribution < 1.29 is 19.4 Å². The summed E-state index contributed by atoms with van der Waals surface area (Å²) in [7, 11) is 1.22. The molecule has 0 aliphatic rings. The van der Waals surface area contributed by atoms with Crippen molar-refractivity contribution in [2.45, 2.75) is 32.9 Å². The van der Waals surface area contributed by atoms with Crippen molar-refractivity contribution in [2.24, 2.45) is 5.41 Å². The summed E-state index contributed by atoms with van der Waals surface area (Å²) >= 11 is 0. The maximum atomic E-state index is 12.1. The molecule has 5 nitrogen and oxygen atoms in total. The number of aliphatic hydroxyl groups excluding tert-OH is 1. The third-order valence-electron chi connectivity index (χ3n) is 2.98. The number of methoxy groups -OCH3 is 1. The average Bonchev–Trinajstić information content (AvgIpc) is 2.42. The summed E-state index contributed by atoms with van der Waals surface area (Å²) in [6.45, 7) is 5.34. The zero-order valence-corrected chi connectivity index (χ0v) is 12.2. The van der Waals surface area contributed by atoms with E-state index in [1.54, 1.807) is 51.1 Å². The Labute approximate surface area is 118 Å². The second-order valence-corrected chi connectivity index (χ2v) is 5.65. The van der Waals surface area contributed by atoms with Gasteiger partial charge in [0.1, 0.15) is 0 Å². The lowest BCUT2D eigenvalue weighted by Crippen LogP contribution is -2.53. The number of aliphatic hydroxyl groups is 1. The topological polar surface area (TPSA) is 75.6 Å². The van der Waals surface area contributed by atoms with Crippen LogP contribution >= 0.6 is 0 Å². The van der Waals surface area contributed by atoms with Crippen molar-refractivity contribution in [3.05, 3.63) is 35.9 Å². The minimum absolute atomic E-state index is 0.419. The van der Waals surface area contributed by atoms with Gasteiger partial charge in [-0.3, -0.25) is 4.79 Å². The molecule has 110 valence electrons. The van der Waals surface area contributed by atoms with Crippen LogP contribution < -0.4 is 5.32 Å². The number of amides is 1. The van der Waals surface area contributed by atoms with Gasteiger partial charge in [-0.05, 0) is 17.5 Å². The number of hydrogen-bond donors (Lipinski definition) is 2. The smallest absolute Gasteiger partial charge is 0.331 e. The lowest BCUT2D eigenvalue weighted by Gasteiger charge is -2.31. The highest BCUT2D eigenvalue weighted by molar-refractivity contribution is 5.96. The number of benzene rings is 1. The molecule has 20 heavy (non-hydrogen) atoms. The largest absolute Gasteiger partial charge is 0.467 e. The molecule has 1 amide bonds. The van der Waals surface area contributed by atoms with E-state index in [0.717, 1.165) is 0 Å². The van der Waals surface area contributed by atoms with Gasteiger partial charge >= 0.3 is 5.97 Å². The van der Waals surface area contributed by atoms with Gasteiger partial charge in [0.25, 0.3) is 5.91 Å². The van der Waals surface area contributed by atoms with Gasteiger partial charge in [0, 0.05) is 5.56 Å². The van der Waals surface area contributed by atoms with E-state index in [4.69, 9.17) is 0 Å². The Morgan fingerprint density at radius 2 is 1.75 bits per heavy atom. The first-order chi connectivity index (χ1) is 9.27. The molecule has 2 atom stereocenters. The molecular formula is C15H21NO4. The maximum Gasteiger partial charge on any atom is 0.331 e. The Morgan fingerprint density at radius 1 is 1.20 bits per heavy atom. The monoisotopic (exact) mass is 279 g/mol.